The van der Waals surface area contributed by atoms with Gasteiger partial charge in [-0.3, -0.25) is 0 Å². The third-order valence-corrected chi connectivity index (χ3v) is 4.17. The second-order valence-corrected chi connectivity index (χ2v) is 5.62. The molecular weight excluding hydrogens is 236 g/mol. The van der Waals surface area contributed by atoms with Crippen molar-refractivity contribution >= 4 is 10.9 Å². The highest BCUT2D eigenvalue weighted by Crippen LogP contribution is 2.32. The third kappa shape index (κ3) is 2.23. The number of nitrogens with one attached hydrogen (secondary N) is 2. The summed E-state index contributed by atoms with van der Waals surface area (Å²) in [6.45, 7) is 5.45. The van der Waals surface area contributed by atoms with Crippen LogP contribution in [0.2, 0.25) is 0 Å². The summed E-state index contributed by atoms with van der Waals surface area (Å²) < 4.78 is 5.50. The second-order valence-electron chi connectivity index (χ2n) is 5.62. The number of hydrogen-bond donors (Lipinski definition) is 2. The van der Waals surface area contributed by atoms with Gasteiger partial charge in [0.25, 0.3) is 0 Å². The Morgan fingerprint density at radius 1 is 1.32 bits per heavy atom. The van der Waals surface area contributed by atoms with Crippen LogP contribution >= 0.6 is 0 Å². The summed E-state index contributed by atoms with van der Waals surface area (Å²) in [5.74, 6) is 0.948. The maximum absolute atomic E-state index is 5.50. The second kappa shape index (κ2) is 4.89. The number of benzene rings is 1. The normalized spacial score (nSPS) is 19.2. The Hall–Kier alpha value is -1.48. The molecule has 0 aliphatic carbocycles. The fourth-order valence-corrected chi connectivity index (χ4v) is 3.19. The first-order valence-electron chi connectivity index (χ1n) is 7.08. The molecule has 1 saturated heterocycles. The van der Waals surface area contributed by atoms with E-state index < -0.39 is 0 Å². The fraction of sp³-hybridized carbons (Fsp3) is 0.500. The zero-order valence-corrected chi connectivity index (χ0v) is 12.0. The molecule has 2 N–H and O–H groups in total. The maximum atomic E-state index is 5.50. The van der Waals surface area contributed by atoms with E-state index in [1.807, 2.05) is 0 Å². The minimum Gasteiger partial charge on any atom is -0.495 e. The molecule has 3 rings (SSSR count). The van der Waals surface area contributed by atoms with Crippen LogP contribution in [0.1, 0.15) is 29.7 Å². The van der Waals surface area contributed by atoms with Gasteiger partial charge in [0, 0.05) is 17.1 Å². The quantitative estimate of drug-likeness (QED) is 0.887. The van der Waals surface area contributed by atoms with E-state index in [4.69, 9.17) is 4.74 Å². The molecule has 0 amide bonds. The molecular formula is C16H22N2O. The Morgan fingerprint density at radius 3 is 2.84 bits per heavy atom. The summed E-state index contributed by atoms with van der Waals surface area (Å²) in [6, 6.07) is 4.99. The third-order valence-electron chi connectivity index (χ3n) is 4.17. The molecule has 1 aromatic heterocycles. The number of hydrogen-bond acceptors (Lipinski definition) is 2. The first kappa shape index (κ1) is 12.5. The molecule has 0 radical (unpaired) electrons. The lowest BCUT2D eigenvalue weighted by molar-refractivity contribution is 0.418. The first-order valence-corrected chi connectivity index (χ1v) is 7.08. The monoisotopic (exact) mass is 258 g/mol. The van der Waals surface area contributed by atoms with Gasteiger partial charge in [0.15, 0.2) is 0 Å². The van der Waals surface area contributed by atoms with E-state index in [1.165, 1.54) is 35.0 Å². The molecule has 1 aliphatic heterocycles. The van der Waals surface area contributed by atoms with E-state index >= 15 is 0 Å². The summed E-state index contributed by atoms with van der Waals surface area (Å²) in [6.07, 6.45) is 3.70. The summed E-state index contributed by atoms with van der Waals surface area (Å²) in [7, 11) is 1.74. The number of ether oxygens (including phenoxy) is 1. The highest BCUT2D eigenvalue weighted by Gasteiger charge is 2.19. The largest absolute Gasteiger partial charge is 0.495 e. The van der Waals surface area contributed by atoms with Crippen molar-refractivity contribution in [3.05, 3.63) is 29.0 Å². The fourth-order valence-electron chi connectivity index (χ4n) is 3.19. The predicted octanol–water partition coefficient (Wildman–Crippen LogP) is 3.09. The number of H-pyrrole nitrogens is 1. The standard InChI is InChI=1S/C16H22N2O/c1-10-7-14-13(9-12-5-4-6-17-12)11(2)18-16(14)15(8-10)19-3/h7-8,12,17-18H,4-6,9H2,1-3H3. The maximum Gasteiger partial charge on any atom is 0.143 e. The Kier molecular flexibility index (Phi) is 3.23. The molecule has 0 spiro atoms. The average molecular weight is 258 g/mol. The van der Waals surface area contributed by atoms with Gasteiger partial charge in [0.1, 0.15) is 5.75 Å². The minimum atomic E-state index is 0.629. The average Bonchev–Trinajstić information content (AvgIpc) is 2.99. The summed E-state index contributed by atoms with van der Waals surface area (Å²) in [5, 5.41) is 4.91. The van der Waals surface area contributed by atoms with Crippen LogP contribution in [0.3, 0.4) is 0 Å². The molecule has 0 bridgehead atoms. The Morgan fingerprint density at radius 2 is 2.16 bits per heavy atom. The Bertz CT molecular complexity index is 594. The van der Waals surface area contributed by atoms with E-state index in [1.54, 1.807) is 7.11 Å². The van der Waals surface area contributed by atoms with E-state index in [-0.39, 0.29) is 0 Å². The molecule has 1 unspecified atom stereocenters. The molecule has 3 nitrogen and oxygen atoms in total. The molecule has 1 aromatic carbocycles. The zero-order valence-electron chi connectivity index (χ0n) is 12.0. The van der Waals surface area contributed by atoms with Crippen LogP contribution in [-0.4, -0.2) is 24.7 Å². The van der Waals surface area contributed by atoms with E-state index in [0.717, 1.165) is 24.2 Å². The van der Waals surface area contributed by atoms with Gasteiger partial charge in [-0.05, 0) is 62.9 Å². The molecule has 1 fully saturated rings. The van der Waals surface area contributed by atoms with Crippen LogP contribution < -0.4 is 10.1 Å². The van der Waals surface area contributed by atoms with Crippen molar-refractivity contribution < 1.29 is 4.74 Å². The van der Waals surface area contributed by atoms with Gasteiger partial charge in [-0.2, -0.15) is 0 Å². The summed E-state index contributed by atoms with van der Waals surface area (Å²) >= 11 is 0. The van der Waals surface area contributed by atoms with Gasteiger partial charge >= 0.3 is 0 Å². The van der Waals surface area contributed by atoms with Gasteiger partial charge in [-0.1, -0.05) is 0 Å². The minimum absolute atomic E-state index is 0.629. The van der Waals surface area contributed by atoms with E-state index in [9.17, 15) is 0 Å². The zero-order chi connectivity index (χ0) is 13.4. The lowest BCUT2D eigenvalue weighted by atomic mass is 10.0. The molecule has 19 heavy (non-hydrogen) atoms. The van der Waals surface area contributed by atoms with E-state index in [0.29, 0.717) is 6.04 Å². The Labute approximate surface area is 114 Å². The summed E-state index contributed by atoms with van der Waals surface area (Å²) in [5.41, 5.74) is 5.10. The lowest BCUT2D eigenvalue weighted by Gasteiger charge is -2.10. The highest BCUT2D eigenvalue weighted by molar-refractivity contribution is 5.90. The van der Waals surface area contributed by atoms with Gasteiger partial charge in [0.05, 0.1) is 12.6 Å². The first-order chi connectivity index (χ1) is 9.19. The van der Waals surface area contributed by atoms with Gasteiger partial charge in [-0.25, -0.2) is 0 Å². The lowest BCUT2D eigenvalue weighted by Crippen LogP contribution is -2.23. The number of fused-ring (bicyclic) bond motifs is 1. The predicted molar refractivity (Wildman–Crippen MR) is 79.1 cm³/mol. The molecule has 1 atom stereocenters. The summed E-state index contributed by atoms with van der Waals surface area (Å²) in [4.78, 5) is 3.49. The Balaban J connectivity index is 2.07. The molecule has 0 saturated carbocycles. The topological polar surface area (TPSA) is 37.0 Å². The molecule has 2 aromatic rings. The van der Waals surface area contributed by atoms with Crippen LogP contribution in [0.5, 0.6) is 5.75 Å². The van der Waals surface area contributed by atoms with Crippen LogP contribution in [0.25, 0.3) is 10.9 Å². The van der Waals surface area contributed by atoms with Crippen molar-refractivity contribution in [1.82, 2.24) is 10.3 Å². The number of aromatic nitrogens is 1. The van der Waals surface area contributed by atoms with E-state index in [2.05, 4.69) is 36.3 Å². The smallest absolute Gasteiger partial charge is 0.143 e. The van der Waals surface area contributed by atoms with Crippen molar-refractivity contribution in [2.75, 3.05) is 13.7 Å². The van der Waals surface area contributed by atoms with Crippen molar-refractivity contribution in [3.63, 3.8) is 0 Å². The number of methoxy groups -OCH3 is 1. The van der Waals surface area contributed by atoms with Crippen molar-refractivity contribution in [1.29, 1.82) is 0 Å². The SMILES string of the molecule is COc1cc(C)cc2c(CC3CCCN3)c(C)[nH]c12. The van der Waals surface area contributed by atoms with Crippen molar-refractivity contribution in [2.24, 2.45) is 0 Å². The highest BCUT2D eigenvalue weighted by atomic mass is 16.5. The van der Waals surface area contributed by atoms with Gasteiger partial charge in [0.2, 0.25) is 0 Å². The van der Waals surface area contributed by atoms with Crippen molar-refractivity contribution in [2.45, 2.75) is 39.2 Å². The molecule has 2 heterocycles. The van der Waals surface area contributed by atoms with Gasteiger partial charge in [-0.15, -0.1) is 0 Å². The number of rotatable bonds is 3. The van der Waals surface area contributed by atoms with Crippen LogP contribution in [0.15, 0.2) is 12.1 Å². The number of aromatic amines is 1. The molecule has 102 valence electrons. The number of aryl methyl sites for hydroxylation is 2. The van der Waals surface area contributed by atoms with Crippen molar-refractivity contribution in [3.8, 4) is 5.75 Å². The van der Waals surface area contributed by atoms with Crippen LogP contribution in [-0.2, 0) is 6.42 Å². The molecule has 3 heteroatoms. The van der Waals surface area contributed by atoms with Gasteiger partial charge < -0.3 is 15.0 Å². The van der Waals surface area contributed by atoms with Crippen LogP contribution in [0, 0.1) is 13.8 Å². The van der Waals surface area contributed by atoms with Crippen LogP contribution in [0.4, 0.5) is 0 Å². The molecule has 1 aliphatic rings.